The molecule has 2 fully saturated rings. The van der Waals surface area contributed by atoms with Crippen molar-refractivity contribution in [3.8, 4) is 0 Å². The van der Waals surface area contributed by atoms with E-state index in [1.807, 2.05) is 0 Å². The number of hydrogen-bond donors (Lipinski definition) is 4. The van der Waals surface area contributed by atoms with Crippen LogP contribution in [0.5, 0.6) is 0 Å². The minimum atomic E-state index is -0.804. The van der Waals surface area contributed by atoms with E-state index in [9.17, 15) is 9.90 Å². The van der Waals surface area contributed by atoms with E-state index < -0.39 is 24.0 Å². The first-order valence-electron chi connectivity index (χ1n) is 5.59. The van der Waals surface area contributed by atoms with Crippen molar-refractivity contribution in [2.45, 2.75) is 24.0 Å². The smallest absolute Gasteiger partial charge is 0.251 e. The van der Waals surface area contributed by atoms with Crippen molar-refractivity contribution in [1.29, 1.82) is 0 Å². The maximum absolute atomic E-state index is 11.1. The summed E-state index contributed by atoms with van der Waals surface area (Å²) in [6, 6.07) is 1.34. The largest absolute Gasteiger partial charge is 0.394 e. The Bertz CT molecular complexity index is 579. The molecule has 3 rings (SSSR count). The molecule has 0 radical (unpaired) electrons. The quantitative estimate of drug-likeness (QED) is 0.385. The lowest BCUT2D eigenvalue weighted by molar-refractivity contribution is -0.0464. The summed E-state index contributed by atoms with van der Waals surface area (Å²) >= 11 is 5.08. The van der Waals surface area contributed by atoms with Crippen LogP contribution in [-0.4, -0.2) is 50.7 Å². The van der Waals surface area contributed by atoms with Gasteiger partial charge in [0, 0.05) is 18.8 Å². The highest BCUT2D eigenvalue weighted by Gasteiger charge is 2.64. The fraction of sp³-hybridized carbons (Fsp3) is 0.600. The van der Waals surface area contributed by atoms with E-state index in [1.165, 1.54) is 12.3 Å². The molecule has 4 N–H and O–H groups in total. The zero-order valence-corrected chi connectivity index (χ0v) is 10.2. The fourth-order valence-corrected chi connectivity index (χ4v) is 2.65. The first-order valence-corrected chi connectivity index (χ1v) is 6.00. The molecule has 3 heterocycles. The zero-order chi connectivity index (χ0) is 12.9. The summed E-state index contributed by atoms with van der Waals surface area (Å²) in [6.07, 6.45) is -0.464. The van der Waals surface area contributed by atoms with Crippen LogP contribution in [0.15, 0.2) is 17.1 Å². The Kier molecular flexibility index (Phi) is 2.65. The van der Waals surface area contributed by atoms with E-state index in [0.29, 0.717) is 6.54 Å². The molecule has 4 atom stereocenters. The number of aliphatic hydroxyl groups is 2. The molecular weight excluding hydrogens is 258 g/mol. The number of aliphatic hydroxyl groups excluding tert-OH is 2. The SMILES string of the molecule is O=c1ccn(C2OC(CO)[C@H](O)C23CN3)c(=S)[nH]1. The molecule has 2 saturated heterocycles. The molecule has 0 bridgehead atoms. The van der Waals surface area contributed by atoms with Crippen molar-refractivity contribution >= 4 is 12.2 Å². The summed E-state index contributed by atoms with van der Waals surface area (Å²) in [5.41, 5.74) is -0.907. The normalized spacial score (nSPS) is 38.2. The molecule has 1 spiro atoms. The van der Waals surface area contributed by atoms with E-state index >= 15 is 0 Å². The van der Waals surface area contributed by atoms with Gasteiger partial charge in [-0.2, -0.15) is 0 Å². The van der Waals surface area contributed by atoms with Gasteiger partial charge >= 0.3 is 0 Å². The predicted molar refractivity (Wildman–Crippen MR) is 63.6 cm³/mol. The molecular formula is C10H13N3O4S. The molecule has 3 unspecified atom stereocenters. The Labute approximate surface area is 107 Å². The number of aromatic amines is 1. The van der Waals surface area contributed by atoms with Crippen LogP contribution in [0, 0.1) is 4.77 Å². The predicted octanol–water partition coefficient (Wildman–Crippen LogP) is -1.50. The maximum Gasteiger partial charge on any atom is 0.251 e. The molecule has 2 aliphatic rings. The highest BCUT2D eigenvalue weighted by molar-refractivity contribution is 7.71. The van der Waals surface area contributed by atoms with Gasteiger partial charge in [0.15, 0.2) is 11.0 Å². The molecule has 8 heteroatoms. The minimum absolute atomic E-state index is 0.228. The summed E-state index contributed by atoms with van der Waals surface area (Å²) < 4.78 is 7.43. The Balaban J connectivity index is 2.02. The van der Waals surface area contributed by atoms with Gasteiger partial charge in [-0.05, 0) is 12.2 Å². The van der Waals surface area contributed by atoms with Gasteiger partial charge in [-0.3, -0.25) is 14.3 Å². The topological polar surface area (TPSA) is 109 Å². The first kappa shape index (κ1) is 12.0. The lowest BCUT2D eigenvalue weighted by atomic mass is 10.00. The number of H-pyrrole nitrogens is 1. The Morgan fingerprint density at radius 1 is 1.67 bits per heavy atom. The molecule has 0 aliphatic carbocycles. The van der Waals surface area contributed by atoms with Crippen LogP contribution in [0.2, 0.25) is 0 Å². The Morgan fingerprint density at radius 2 is 2.39 bits per heavy atom. The second-order valence-electron chi connectivity index (χ2n) is 4.57. The monoisotopic (exact) mass is 271 g/mol. The highest BCUT2D eigenvalue weighted by Crippen LogP contribution is 2.44. The molecule has 98 valence electrons. The first-order chi connectivity index (χ1) is 8.58. The van der Waals surface area contributed by atoms with Crippen molar-refractivity contribution in [2.75, 3.05) is 13.2 Å². The van der Waals surface area contributed by atoms with Crippen LogP contribution in [0.3, 0.4) is 0 Å². The molecule has 18 heavy (non-hydrogen) atoms. The van der Waals surface area contributed by atoms with Gasteiger partial charge in [-0.15, -0.1) is 0 Å². The number of nitrogens with one attached hydrogen (secondary N) is 2. The van der Waals surface area contributed by atoms with Crippen molar-refractivity contribution in [1.82, 2.24) is 14.9 Å². The van der Waals surface area contributed by atoms with E-state index in [2.05, 4.69) is 10.3 Å². The number of aromatic nitrogens is 2. The molecule has 7 nitrogen and oxygen atoms in total. The van der Waals surface area contributed by atoms with Gasteiger partial charge in [0.25, 0.3) is 5.56 Å². The van der Waals surface area contributed by atoms with Crippen LogP contribution in [0.1, 0.15) is 6.23 Å². The summed E-state index contributed by atoms with van der Waals surface area (Å²) in [4.78, 5) is 13.6. The summed E-state index contributed by atoms with van der Waals surface area (Å²) in [6.45, 7) is 0.313. The van der Waals surface area contributed by atoms with Crippen LogP contribution in [-0.2, 0) is 4.74 Å². The summed E-state index contributed by atoms with van der Waals surface area (Å²) in [7, 11) is 0. The lowest BCUT2D eigenvalue weighted by Crippen LogP contribution is -2.39. The fourth-order valence-electron chi connectivity index (χ4n) is 2.39. The number of hydrogen-bond acceptors (Lipinski definition) is 6. The Hall–Kier alpha value is -1.06. The van der Waals surface area contributed by atoms with Gasteiger partial charge in [0.2, 0.25) is 0 Å². The average molecular weight is 271 g/mol. The van der Waals surface area contributed by atoms with Crippen LogP contribution >= 0.6 is 12.2 Å². The standard InChI is InChI=1S/C10H13N3O4S/c14-3-5-7(16)10(4-11-10)8(17-5)13-2-1-6(15)12-9(13)18/h1-2,5,7-8,11,14,16H,3-4H2,(H,12,15,18)/t5?,7-,8?,10?/m0/s1. The summed E-state index contributed by atoms with van der Waals surface area (Å²) in [5, 5.41) is 22.3. The molecule has 1 aromatic heterocycles. The molecule has 0 saturated carbocycles. The second kappa shape index (κ2) is 3.97. The van der Waals surface area contributed by atoms with E-state index in [4.69, 9.17) is 22.1 Å². The van der Waals surface area contributed by atoms with Gasteiger partial charge < -0.3 is 20.3 Å². The third kappa shape index (κ3) is 1.57. The van der Waals surface area contributed by atoms with Gasteiger partial charge in [-0.25, -0.2) is 0 Å². The minimum Gasteiger partial charge on any atom is -0.394 e. The number of nitrogens with zero attached hydrogens (tertiary/aromatic N) is 1. The third-order valence-electron chi connectivity index (χ3n) is 3.49. The van der Waals surface area contributed by atoms with Gasteiger partial charge in [0.1, 0.15) is 17.7 Å². The maximum atomic E-state index is 11.1. The molecule has 2 aliphatic heterocycles. The van der Waals surface area contributed by atoms with Crippen molar-refractivity contribution in [2.24, 2.45) is 0 Å². The van der Waals surface area contributed by atoms with Crippen molar-refractivity contribution in [3.05, 3.63) is 27.4 Å². The van der Waals surface area contributed by atoms with Crippen molar-refractivity contribution in [3.63, 3.8) is 0 Å². The lowest BCUT2D eigenvalue weighted by Gasteiger charge is -2.20. The van der Waals surface area contributed by atoms with Crippen molar-refractivity contribution < 1.29 is 14.9 Å². The van der Waals surface area contributed by atoms with Gasteiger partial charge in [0.05, 0.1) is 6.61 Å². The highest BCUT2D eigenvalue weighted by atomic mass is 32.1. The number of ether oxygens (including phenoxy) is 1. The van der Waals surface area contributed by atoms with Crippen LogP contribution in [0.4, 0.5) is 0 Å². The molecule has 1 aromatic rings. The summed E-state index contributed by atoms with van der Waals surface area (Å²) in [5.74, 6) is 0. The zero-order valence-electron chi connectivity index (χ0n) is 9.37. The molecule has 0 aromatic carbocycles. The average Bonchev–Trinajstić information content (AvgIpc) is 3.07. The van der Waals surface area contributed by atoms with E-state index in [-0.39, 0.29) is 16.9 Å². The van der Waals surface area contributed by atoms with Crippen LogP contribution in [0.25, 0.3) is 0 Å². The number of rotatable bonds is 2. The van der Waals surface area contributed by atoms with E-state index in [1.54, 1.807) is 4.57 Å². The van der Waals surface area contributed by atoms with E-state index in [0.717, 1.165) is 0 Å². The van der Waals surface area contributed by atoms with Crippen LogP contribution < -0.4 is 10.9 Å². The van der Waals surface area contributed by atoms with Gasteiger partial charge in [-0.1, -0.05) is 0 Å². The molecule has 0 amide bonds. The Morgan fingerprint density at radius 3 is 2.94 bits per heavy atom. The third-order valence-corrected chi connectivity index (χ3v) is 3.81. The second-order valence-corrected chi connectivity index (χ2v) is 4.95.